The lowest BCUT2D eigenvalue weighted by Crippen LogP contribution is -2.51. The van der Waals surface area contributed by atoms with Gasteiger partial charge < -0.3 is 20.7 Å². The Hall–Kier alpha value is -2.41. The van der Waals surface area contributed by atoms with Gasteiger partial charge in [-0.25, -0.2) is 0 Å². The number of hydrogen-bond acceptors (Lipinski definition) is 5. The van der Waals surface area contributed by atoms with Crippen LogP contribution in [0.4, 0.5) is 0 Å². The minimum Gasteiger partial charge on any atom is -0.469 e. The zero-order valence-corrected chi connectivity index (χ0v) is 16.1. The van der Waals surface area contributed by atoms with E-state index in [4.69, 9.17) is 0 Å². The fourth-order valence-corrected chi connectivity index (χ4v) is 3.03. The van der Waals surface area contributed by atoms with Crippen molar-refractivity contribution in [2.24, 2.45) is 0 Å². The molecule has 1 aromatic rings. The van der Waals surface area contributed by atoms with Crippen molar-refractivity contribution in [3.05, 3.63) is 35.4 Å². The number of esters is 1. The van der Waals surface area contributed by atoms with Gasteiger partial charge in [0.05, 0.1) is 19.1 Å². The van der Waals surface area contributed by atoms with Crippen molar-refractivity contribution in [2.75, 3.05) is 20.2 Å². The number of methoxy groups -OCH3 is 1. The van der Waals surface area contributed by atoms with E-state index in [-0.39, 0.29) is 30.6 Å². The molecule has 1 heterocycles. The summed E-state index contributed by atoms with van der Waals surface area (Å²) >= 11 is 0. The average molecular weight is 375 g/mol. The second-order valence-electron chi connectivity index (χ2n) is 7.04. The molecule has 1 saturated heterocycles. The highest BCUT2D eigenvalue weighted by Crippen LogP contribution is 2.18. The van der Waals surface area contributed by atoms with E-state index in [0.29, 0.717) is 13.1 Å². The molecule has 27 heavy (non-hydrogen) atoms. The molecule has 148 valence electrons. The summed E-state index contributed by atoms with van der Waals surface area (Å²) in [6.07, 6.45) is 2.87. The Kier molecular flexibility index (Phi) is 7.79. The first-order valence-electron chi connectivity index (χ1n) is 9.37. The van der Waals surface area contributed by atoms with E-state index in [9.17, 15) is 14.4 Å². The number of rotatable bonds is 9. The van der Waals surface area contributed by atoms with Crippen molar-refractivity contribution < 1.29 is 19.1 Å². The van der Waals surface area contributed by atoms with E-state index in [1.54, 1.807) is 0 Å². The number of carbonyl (C=O) groups excluding carboxylic acids is 3. The van der Waals surface area contributed by atoms with Crippen LogP contribution in [0, 0.1) is 0 Å². The summed E-state index contributed by atoms with van der Waals surface area (Å²) < 4.78 is 4.51. The van der Waals surface area contributed by atoms with Crippen molar-refractivity contribution in [3.8, 4) is 0 Å². The van der Waals surface area contributed by atoms with Crippen LogP contribution in [0.5, 0.6) is 0 Å². The molecule has 0 bridgehead atoms. The summed E-state index contributed by atoms with van der Waals surface area (Å²) in [5, 5.41) is 9.04. The first-order chi connectivity index (χ1) is 12.9. The van der Waals surface area contributed by atoms with E-state index < -0.39 is 5.54 Å². The quantitative estimate of drug-likeness (QED) is 0.561. The second-order valence-corrected chi connectivity index (χ2v) is 7.04. The predicted molar refractivity (Wildman–Crippen MR) is 102 cm³/mol. The molecule has 1 fully saturated rings. The monoisotopic (exact) mass is 375 g/mol. The molecule has 1 aromatic carbocycles. The molecule has 7 nitrogen and oxygen atoms in total. The van der Waals surface area contributed by atoms with Gasteiger partial charge >= 0.3 is 5.97 Å². The van der Waals surface area contributed by atoms with Crippen molar-refractivity contribution >= 4 is 17.8 Å². The summed E-state index contributed by atoms with van der Waals surface area (Å²) in [6.45, 7) is 3.86. The third kappa shape index (κ3) is 6.67. The van der Waals surface area contributed by atoms with Crippen LogP contribution in [-0.2, 0) is 32.1 Å². The molecule has 2 rings (SSSR count). The number of carbonyl (C=O) groups is 3. The molecule has 7 heteroatoms. The summed E-state index contributed by atoms with van der Waals surface area (Å²) in [5.74, 6) is -0.508. The lowest BCUT2D eigenvalue weighted by molar-refractivity contribution is -0.142. The van der Waals surface area contributed by atoms with Gasteiger partial charge in [-0.1, -0.05) is 24.3 Å². The number of benzene rings is 1. The fraction of sp³-hybridized carbons (Fsp3) is 0.550. The molecular formula is C20H29N3O4. The summed E-state index contributed by atoms with van der Waals surface area (Å²) in [4.78, 5) is 34.9. The zero-order valence-electron chi connectivity index (χ0n) is 16.1. The van der Waals surface area contributed by atoms with Crippen LogP contribution in [0.15, 0.2) is 24.3 Å². The van der Waals surface area contributed by atoms with Crippen LogP contribution in [-0.4, -0.2) is 43.5 Å². The van der Waals surface area contributed by atoms with E-state index in [1.807, 2.05) is 31.2 Å². The first kappa shape index (κ1) is 20.9. The smallest absolute Gasteiger partial charge is 0.306 e. The summed E-state index contributed by atoms with van der Waals surface area (Å²) in [7, 11) is 1.30. The van der Waals surface area contributed by atoms with Gasteiger partial charge in [0.25, 0.3) is 0 Å². The van der Waals surface area contributed by atoms with E-state index in [2.05, 4.69) is 20.7 Å². The number of nitrogens with one attached hydrogen (secondary N) is 3. The topological polar surface area (TPSA) is 96.5 Å². The highest BCUT2D eigenvalue weighted by atomic mass is 16.5. The van der Waals surface area contributed by atoms with Crippen LogP contribution >= 0.6 is 0 Å². The zero-order chi connectivity index (χ0) is 19.7. The van der Waals surface area contributed by atoms with Crippen LogP contribution in [0.3, 0.4) is 0 Å². The van der Waals surface area contributed by atoms with Gasteiger partial charge in [0, 0.05) is 19.5 Å². The maximum atomic E-state index is 12.2. The van der Waals surface area contributed by atoms with Gasteiger partial charge in [-0.3, -0.25) is 14.4 Å². The van der Waals surface area contributed by atoms with E-state index in [0.717, 1.165) is 36.9 Å². The Morgan fingerprint density at radius 1 is 1.11 bits per heavy atom. The van der Waals surface area contributed by atoms with Gasteiger partial charge in [0.2, 0.25) is 11.8 Å². The standard InChI is InChI=1S/C20H29N3O4/c1-20(11-3-12-23-20)19(26)21-13-10-15-4-6-16(7-5-15)14-22-17(24)8-9-18(25)27-2/h4-7,23H,3,8-14H2,1-2H3,(H,21,26)(H,22,24)/t20-/m0/s1. The fourth-order valence-electron chi connectivity index (χ4n) is 3.03. The molecule has 1 aliphatic rings. The Labute approximate surface area is 160 Å². The maximum Gasteiger partial charge on any atom is 0.306 e. The highest BCUT2D eigenvalue weighted by Gasteiger charge is 2.35. The molecule has 0 aromatic heterocycles. The molecule has 0 saturated carbocycles. The molecule has 0 radical (unpaired) electrons. The minimum atomic E-state index is -0.435. The minimum absolute atomic E-state index is 0.0614. The molecule has 0 spiro atoms. The van der Waals surface area contributed by atoms with Crippen LogP contribution in [0.2, 0.25) is 0 Å². The molecule has 2 amide bonds. The maximum absolute atomic E-state index is 12.2. The third-order valence-corrected chi connectivity index (χ3v) is 4.87. The SMILES string of the molecule is COC(=O)CCC(=O)NCc1ccc(CCNC(=O)[C@]2(C)CCCN2)cc1. The largest absolute Gasteiger partial charge is 0.469 e. The van der Waals surface area contributed by atoms with Crippen molar-refractivity contribution in [1.82, 2.24) is 16.0 Å². The first-order valence-corrected chi connectivity index (χ1v) is 9.37. The van der Waals surface area contributed by atoms with E-state index >= 15 is 0 Å². The van der Waals surface area contributed by atoms with Gasteiger partial charge in [-0.2, -0.15) is 0 Å². The second kappa shape index (κ2) is 10.1. The molecule has 0 unspecified atom stereocenters. The Morgan fingerprint density at radius 3 is 2.44 bits per heavy atom. The van der Waals surface area contributed by atoms with Crippen molar-refractivity contribution in [3.63, 3.8) is 0 Å². The van der Waals surface area contributed by atoms with Crippen LogP contribution < -0.4 is 16.0 Å². The number of hydrogen-bond donors (Lipinski definition) is 3. The van der Waals surface area contributed by atoms with Gasteiger partial charge in [-0.05, 0) is 43.9 Å². The number of amides is 2. The van der Waals surface area contributed by atoms with E-state index in [1.165, 1.54) is 7.11 Å². The average Bonchev–Trinajstić information content (AvgIpc) is 3.13. The molecule has 0 aliphatic carbocycles. The van der Waals surface area contributed by atoms with Crippen LogP contribution in [0.25, 0.3) is 0 Å². The Morgan fingerprint density at radius 2 is 1.81 bits per heavy atom. The summed E-state index contributed by atoms with van der Waals surface area (Å²) in [5.41, 5.74) is 1.67. The lowest BCUT2D eigenvalue weighted by Gasteiger charge is -2.23. The summed E-state index contributed by atoms with van der Waals surface area (Å²) in [6, 6.07) is 7.91. The van der Waals surface area contributed by atoms with Crippen molar-refractivity contribution in [2.45, 2.75) is 51.1 Å². The Bertz CT molecular complexity index is 652. The van der Waals surface area contributed by atoms with Crippen molar-refractivity contribution in [1.29, 1.82) is 0 Å². The normalized spacial score (nSPS) is 18.7. The molecule has 3 N–H and O–H groups in total. The number of ether oxygens (including phenoxy) is 1. The Balaban J connectivity index is 1.68. The highest BCUT2D eigenvalue weighted by molar-refractivity contribution is 5.86. The van der Waals surface area contributed by atoms with Crippen LogP contribution in [0.1, 0.15) is 43.7 Å². The van der Waals surface area contributed by atoms with Gasteiger partial charge in [-0.15, -0.1) is 0 Å². The van der Waals surface area contributed by atoms with Gasteiger partial charge in [0.15, 0.2) is 0 Å². The lowest BCUT2D eigenvalue weighted by atomic mass is 9.99. The molecule has 1 atom stereocenters. The molecular weight excluding hydrogens is 346 g/mol. The third-order valence-electron chi connectivity index (χ3n) is 4.87. The van der Waals surface area contributed by atoms with Gasteiger partial charge in [0.1, 0.15) is 0 Å². The predicted octanol–water partition coefficient (Wildman–Crippen LogP) is 1.06. The molecule has 1 aliphatic heterocycles.